The molecule has 1 fully saturated rings. The Hall–Kier alpha value is -1.62. The molecule has 0 aliphatic carbocycles. The Morgan fingerprint density at radius 2 is 2.25 bits per heavy atom. The maximum atomic E-state index is 6.14. The summed E-state index contributed by atoms with van der Waals surface area (Å²) in [4.78, 5) is 6.73. The molecule has 0 saturated carbocycles. The van der Waals surface area contributed by atoms with Gasteiger partial charge in [-0.15, -0.1) is 0 Å². The molecule has 3 heterocycles. The van der Waals surface area contributed by atoms with Crippen LogP contribution in [0, 0.1) is 0 Å². The van der Waals surface area contributed by atoms with Crippen LogP contribution in [0.3, 0.4) is 0 Å². The van der Waals surface area contributed by atoms with Crippen molar-refractivity contribution in [2.45, 2.75) is 18.9 Å². The monoisotopic (exact) mass is 217 g/mol. The zero-order chi connectivity index (χ0) is 11.2. The van der Waals surface area contributed by atoms with Crippen LogP contribution < -0.4 is 10.6 Å². The van der Waals surface area contributed by atoms with Gasteiger partial charge in [0.05, 0.1) is 11.7 Å². The summed E-state index contributed by atoms with van der Waals surface area (Å²) in [5.41, 5.74) is 6.99. The third-order valence-electron chi connectivity index (χ3n) is 3.28. The van der Waals surface area contributed by atoms with E-state index >= 15 is 0 Å². The van der Waals surface area contributed by atoms with Gasteiger partial charge in [0, 0.05) is 25.4 Å². The predicted octanol–water partition coefficient (Wildman–Crippen LogP) is 0.657. The molecule has 84 valence electrons. The van der Waals surface area contributed by atoms with Gasteiger partial charge in [-0.1, -0.05) is 6.92 Å². The molecule has 1 aliphatic heterocycles. The second kappa shape index (κ2) is 3.18. The molecule has 5 nitrogen and oxygen atoms in total. The number of nitrogens with two attached hydrogens (primary N) is 1. The average molecular weight is 217 g/mol. The maximum absolute atomic E-state index is 6.14. The summed E-state index contributed by atoms with van der Waals surface area (Å²) >= 11 is 0. The van der Waals surface area contributed by atoms with Crippen molar-refractivity contribution in [3.63, 3.8) is 0 Å². The van der Waals surface area contributed by atoms with Crippen LogP contribution in [0.4, 0.5) is 5.82 Å². The van der Waals surface area contributed by atoms with Crippen LogP contribution in [0.15, 0.2) is 24.5 Å². The van der Waals surface area contributed by atoms with Crippen molar-refractivity contribution in [1.82, 2.24) is 14.6 Å². The number of hydrogen-bond acceptors (Lipinski definition) is 4. The van der Waals surface area contributed by atoms with E-state index < -0.39 is 0 Å². The molecule has 0 atom stereocenters. The van der Waals surface area contributed by atoms with Crippen molar-refractivity contribution in [3.8, 4) is 0 Å². The van der Waals surface area contributed by atoms with Gasteiger partial charge in [-0.2, -0.15) is 5.10 Å². The molecule has 0 radical (unpaired) electrons. The van der Waals surface area contributed by atoms with Crippen molar-refractivity contribution in [2.75, 3.05) is 18.0 Å². The number of aromatic nitrogens is 3. The summed E-state index contributed by atoms with van der Waals surface area (Å²) in [6.07, 6.45) is 4.69. The van der Waals surface area contributed by atoms with E-state index in [4.69, 9.17) is 5.73 Å². The summed E-state index contributed by atoms with van der Waals surface area (Å²) in [6.45, 7) is 3.91. The highest BCUT2D eigenvalue weighted by Gasteiger charge is 2.38. The van der Waals surface area contributed by atoms with Gasteiger partial charge in [-0.05, 0) is 12.5 Å². The van der Waals surface area contributed by atoms with Gasteiger partial charge in [0.2, 0.25) is 0 Å². The smallest absolute Gasteiger partial charge is 0.157 e. The lowest BCUT2D eigenvalue weighted by molar-refractivity contribution is 0.320. The molecule has 0 spiro atoms. The summed E-state index contributed by atoms with van der Waals surface area (Å²) in [6, 6.07) is 3.88. The number of hydrogen-bond donors (Lipinski definition) is 1. The topological polar surface area (TPSA) is 59.5 Å². The van der Waals surface area contributed by atoms with Crippen molar-refractivity contribution in [1.29, 1.82) is 0 Å². The Bertz CT molecular complexity index is 512. The van der Waals surface area contributed by atoms with Crippen LogP contribution in [-0.2, 0) is 0 Å². The van der Waals surface area contributed by atoms with Crippen LogP contribution in [0.1, 0.15) is 13.3 Å². The zero-order valence-electron chi connectivity index (χ0n) is 9.30. The molecular formula is C11H15N5. The van der Waals surface area contributed by atoms with E-state index in [1.807, 2.05) is 18.3 Å². The normalized spacial score (nSPS) is 18.8. The number of nitrogens with zero attached hydrogens (tertiary/aromatic N) is 4. The van der Waals surface area contributed by atoms with Crippen molar-refractivity contribution >= 4 is 11.5 Å². The van der Waals surface area contributed by atoms with E-state index in [1.165, 1.54) is 0 Å². The van der Waals surface area contributed by atoms with Crippen LogP contribution in [-0.4, -0.2) is 33.2 Å². The van der Waals surface area contributed by atoms with Crippen LogP contribution in [0.25, 0.3) is 5.65 Å². The predicted molar refractivity (Wildman–Crippen MR) is 62.4 cm³/mol. The third kappa shape index (κ3) is 1.36. The van der Waals surface area contributed by atoms with Crippen LogP contribution >= 0.6 is 0 Å². The van der Waals surface area contributed by atoms with E-state index in [0.29, 0.717) is 0 Å². The molecule has 1 aliphatic rings. The first kappa shape index (κ1) is 9.59. The third-order valence-corrected chi connectivity index (χ3v) is 3.28. The summed E-state index contributed by atoms with van der Waals surface area (Å²) in [7, 11) is 0. The van der Waals surface area contributed by atoms with E-state index in [2.05, 4.69) is 21.9 Å². The molecular weight excluding hydrogens is 202 g/mol. The van der Waals surface area contributed by atoms with E-state index in [-0.39, 0.29) is 5.54 Å². The minimum absolute atomic E-state index is 0.0198. The molecule has 0 amide bonds. The van der Waals surface area contributed by atoms with E-state index in [9.17, 15) is 0 Å². The summed E-state index contributed by atoms with van der Waals surface area (Å²) in [5.74, 6) is 0.988. The van der Waals surface area contributed by atoms with Crippen LogP contribution in [0.5, 0.6) is 0 Å². The molecule has 2 N–H and O–H groups in total. The molecule has 1 saturated heterocycles. The fourth-order valence-electron chi connectivity index (χ4n) is 2.08. The molecule has 0 aromatic carbocycles. The SMILES string of the molecule is CCC1(N)CN(c2ccn3nccc3n2)C1. The molecule has 16 heavy (non-hydrogen) atoms. The Balaban J connectivity index is 1.85. The highest BCUT2D eigenvalue weighted by Crippen LogP contribution is 2.26. The Labute approximate surface area is 93.9 Å². The lowest BCUT2D eigenvalue weighted by atomic mass is 9.88. The lowest BCUT2D eigenvalue weighted by Gasteiger charge is -2.48. The zero-order valence-corrected chi connectivity index (χ0v) is 9.30. The van der Waals surface area contributed by atoms with Gasteiger partial charge in [0.25, 0.3) is 0 Å². The van der Waals surface area contributed by atoms with Crippen molar-refractivity contribution < 1.29 is 0 Å². The minimum atomic E-state index is -0.0198. The Morgan fingerprint density at radius 1 is 1.44 bits per heavy atom. The van der Waals surface area contributed by atoms with Crippen LogP contribution in [0.2, 0.25) is 0 Å². The first-order valence-electron chi connectivity index (χ1n) is 5.54. The van der Waals surface area contributed by atoms with E-state index in [0.717, 1.165) is 31.0 Å². The largest absolute Gasteiger partial charge is 0.353 e. The molecule has 5 heteroatoms. The van der Waals surface area contributed by atoms with Gasteiger partial charge in [0.1, 0.15) is 5.82 Å². The molecule has 2 aromatic heterocycles. The lowest BCUT2D eigenvalue weighted by Crippen LogP contribution is -2.67. The highest BCUT2D eigenvalue weighted by atomic mass is 15.3. The Kier molecular flexibility index (Phi) is 1.91. The summed E-state index contributed by atoms with van der Waals surface area (Å²) < 4.78 is 1.76. The molecule has 2 aromatic rings. The van der Waals surface area contributed by atoms with Gasteiger partial charge < -0.3 is 10.6 Å². The summed E-state index contributed by atoms with van der Waals surface area (Å²) in [5, 5.41) is 4.12. The standard InChI is InChI=1S/C11H15N5/c1-2-11(12)7-15(8-11)9-4-6-16-10(14-9)3-5-13-16/h3-6H,2,7-8,12H2,1H3. The first-order valence-corrected chi connectivity index (χ1v) is 5.54. The fourth-order valence-corrected chi connectivity index (χ4v) is 2.08. The quantitative estimate of drug-likeness (QED) is 0.802. The van der Waals surface area contributed by atoms with Gasteiger partial charge in [-0.3, -0.25) is 0 Å². The highest BCUT2D eigenvalue weighted by molar-refractivity contribution is 5.50. The van der Waals surface area contributed by atoms with Gasteiger partial charge in [-0.25, -0.2) is 9.50 Å². The second-order valence-corrected chi connectivity index (χ2v) is 4.49. The van der Waals surface area contributed by atoms with Gasteiger partial charge in [0.15, 0.2) is 5.65 Å². The molecule has 0 bridgehead atoms. The van der Waals surface area contributed by atoms with Gasteiger partial charge >= 0.3 is 0 Å². The fraction of sp³-hybridized carbons (Fsp3) is 0.455. The number of anilines is 1. The average Bonchev–Trinajstić information content (AvgIpc) is 2.71. The second-order valence-electron chi connectivity index (χ2n) is 4.49. The van der Waals surface area contributed by atoms with Crippen molar-refractivity contribution in [2.24, 2.45) is 5.73 Å². The first-order chi connectivity index (χ1) is 7.70. The molecule has 3 rings (SSSR count). The van der Waals surface area contributed by atoms with E-state index in [1.54, 1.807) is 10.7 Å². The van der Waals surface area contributed by atoms with Crippen molar-refractivity contribution in [3.05, 3.63) is 24.5 Å². The maximum Gasteiger partial charge on any atom is 0.157 e. The Morgan fingerprint density at radius 3 is 3.00 bits per heavy atom. The number of rotatable bonds is 2. The number of fused-ring (bicyclic) bond motifs is 1. The molecule has 0 unspecified atom stereocenters. The minimum Gasteiger partial charge on any atom is -0.353 e.